The van der Waals surface area contributed by atoms with Crippen LogP contribution in [0.25, 0.3) is 0 Å². The van der Waals surface area contributed by atoms with Crippen molar-refractivity contribution in [1.29, 1.82) is 0 Å². The van der Waals surface area contributed by atoms with Gasteiger partial charge in [-0.1, -0.05) is 38.8 Å². The fourth-order valence-corrected chi connectivity index (χ4v) is 2.37. The topological polar surface area (TPSA) is 168 Å². The average Bonchev–Trinajstić information content (AvgIpc) is 2.82. The zero-order valence-electron chi connectivity index (χ0n) is 21.6. The first-order valence-electron chi connectivity index (χ1n) is 12.3. The molecule has 0 bridgehead atoms. The van der Waals surface area contributed by atoms with E-state index in [9.17, 15) is 19.2 Å². The van der Waals surface area contributed by atoms with E-state index in [-0.39, 0.29) is 36.2 Å². The average molecular weight is 515 g/mol. The second-order valence-corrected chi connectivity index (χ2v) is 7.88. The number of esters is 2. The number of unbranched alkanes of at least 4 members (excludes halogenated alkanes) is 3. The Kier molecular flexibility index (Phi) is 23.2. The quantitative estimate of drug-likeness (QED) is 0.198. The molecule has 1 rings (SSSR count). The molecular formula is C26H42O10. The number of aliphatic hydroxyl groups excluding tert-OH is 2. The lowest BCUT2D eigenvalue weighted by molar-refractivity contribution is -0.144. The lowest BCUT2D eigenvalue weighted by Crippen LogP contribution is -2.12. The molecule has 36 heavy (non-hydrogen) atoms. The van der Waals surface area contributed by atoms with E-state index in [2.05, 4.69) is 0 Å². The maximum Gasteiger partial charge on any atom is 0.339 e. The second kappa shape index (κ2) is 23.7. The monoisotopic (exact) mass is 514 g/mol. The number of benzene rings is 1. The minimum Gasteiger partial charge on any atom is -0.481 e. The fraction of sp³-hybridized carbons (Fsp3) is 0.615. The molecule has 1 aromatic carbocycles. The van der Waals surface area contributed by atoms with Crippen molar-refractivity contribution in [3.63, 3.8) is 0 Å². The van der Waals surface area contributed by atoms with Gasteiger partial charge in [-0.2, -0.15) is 0 Å². The molecule has 4 N–H and O–H groups in total. The number of aromatic carboxylic acids is 1. The van der Waals surface area contributed by atoms with Gasteiger partial charge in [0.25, 0.3) is 0 Å². The van der Waals surface area contributed by atoms with Crippen LogP contribution in [0.15, 0.2) is 24.3 Å². The van der Waals surface area contributed by atoms with E-state index in [0.717, 1.165) is 25.7 Å². The van der Waals surface area contributed by atoms with Crippen LogP contribution in [0.4, 0.5) is 0 Å². The van der Waals surface area contributed by atoms with Crippen LogP contribution >= 0.6 is 0 Å². The summed E-state index contributed by atoms with van der Waals surface area (Å²) < 4.78 is 9.86. The molecule has 0 radical (unpaired) electrons. The number of ether oxygens (including phenoxy) is 2. The number of rotatable bonds is 15. The third kappa shape index (κ3) is 21.5. The number of hydrogen-bond acceptors (Lipinski definition) is 8. The summed E-state index contributed by atoms with van der Waals surface area (Å²) in [5, 5.41) is 33.7. The van der Waals surface area contributed by atoms with Crippen molar-refractivity contribution < 1.29 is 49.1 Å². The molecule has 1 aromatic rings. The SMILES string of the molecule is CC(O)CCO.CCCCOC(=O)CCCCC(=O)O.CCCCOC(=O)c1ccccc1C(=O)O. The Morgan fingerprint density at radius 1 is 0.833 bits per heavy atom. The molecule has 10 nitrogen and oxygen atoms in total. The summed E-state index contributed by atoms with van der Waals surface area (Å²) in [6.45, 7) is 6.55. The van der Waals surface area contributed by atoms with E-state index >= 15 is 0 Å². The van der Waals surface area contributed by atoms with E-state index < -0.39 is 17.9 Å². The fourth-order valence-electron chi connectivity index (χ4n) is 2.37. The van der Waals surface area contributed by atoms with Crippen LogP contribution in [0.3, 0.4) is 0 Å². The van der Waals surface area contributed by atoms with Crippen LogP contribution < -0.4 is 0 Å². The molecule has 0 aliphatic carbocycles. The Hall–Kier alpha value is -2.98. The lowest BCUT2D eigenvalue weighted by atomic mass is 10.1. The summed E-state index contributed by atoms with van der Waals surface area (Å²) >= 11 is 0. The molecule has 0 spiro atoms. The predicted molar refractivity (Wildman–Crippen MR) is 134 cm³/mol. The lowest BCUT2D eigenvalue weighted by Gasteiger charge is -2.06. The molecule has 0 aliphatic rings. The molecule has 10 heteroatoms. The van der Waals surface area contributed by atoms with Crippen molar-refractivity contribution in [3.05, 3.63) is 35.4 Å². The van der Waals surface area contributed by atoms with E-state index in [4.69, 9.17) is 29.9 Å². The minimum atomic E-state index is -1.12. The van der Waals surface area contributed by atoms with E-state index in [1.807, 2.05) is 13.8 Å². The van der Waals surface area contributed by atoms with Crippen LogP contribution in [0.2, 0.25) is 0 Å². The number of aliphatic carboxylic acids is 1. The molecule has 0 amide bonds. The Bertz CT molecular complexity index is 746. The van der Waals surface area contributed by atoms with Gasteiger partial charge in [-0.15, -0.1) is 0 Å². The molecule has 1 atom stereocenters. The number of carbonyl (C=O) groups excluding carboxylic acids is 2. The highest BCUT2D eigenvalue weighted by molar-refractivity contribution is 6.02. The molecule has 0 aliphatic heterocycles. The molecule has 0 heterocycles. The van der Waals surface area contributed by atoms with Gasteiger partial charge in [0.2, 0.25) is 0 Å². The van der Waals surface area contributed by atoms with Crippen molar-refractivity contribution in [1.82, 2.24) is 0 Å². The minimum absolute atomic E-state index is 0.0241. The van der Waals surface area contributed by atoms with E-state index in [1.54, 1.807) is 19.1 Å². The third-order valence-corrected chi connectivity index (χ3v) is 4.44. The van der Waals surface area contributed by atoms with Crippen LogP contribution in [0.1, 0.15) is 99.3 Å². The van der Waals surface area contributed by atoms with Gasteiger partial charge in [-0.25, -0.2) is 9.59 Å². The summed E-state index contributed by atoms with van der Waals surface area (Å²) in [4.78, 5) is 43.5. The van der Waals surface area contributed by atoms with Gasteiger partial charge in [-0.3, -0.25) is 9.59 Å². The smallest absolute Gasteiger partial charge is 0.339 e. The van der Waals surface area contributed by atoms with Gasteiger partial charge in [0.15, 0.2) is 0 Å². The predicted octanol–water partition coefficient (Wildman–Crippen LogP) is 4.07. The second-order valence-electron chi connectivity index (χ2n) is 7.88. The number of carboxylic acids is 2. The molecule has 0 saturated heterocycles. The summed E-state index contributed by atoms with van der Waals surface area (Å²) in [5.74, 6) is -2.73. The van der Waals surface area contributed by atoms with Crippen molar-refractivity contribution in [2.24, 2.45) is 0 Å². The number of carbonyl (C=O) groups is 4. The summed E-state index contributed by atoms with van der Waals surface area (Å²) in [6, 6.07) is 6.03. The highest BCUT2D eigenvalue weighted by atomic mass is 16.5. The molecule has 0 fully saturated rings. The first-order valence-corrected chi connectivity index (χ1v) is 12.3. The van der Waals surface area contributed by atoms with Crippen molar-refractivity contribution in [2.75, 3.05) is 19.8 Å². The van der Waals surface area contributed by atoms with Gasteiger partial charge in [-0.05, 0) is 51.2 Å². The molecular weight excluding hydrogens is 472 g/mol. The van der Waals surface area contributed by atoms with Crippen LogP contribution in [-0.2, 0) is 19.1 Å². The van der Waals surface area contributed by atoms with Crippen molar-refractivity contribution in [3.8, 4) is 0 Å². The highest BCUT2D eigenvalue weighted by Crippen LogP contribution is 2.10. The highest BCUT2D eigenvalue weighted by Gasteiger charge is 2.16. The Balaban J connectivity index is 0. The summed E-state index contributed by atoms with van der Waals surface area (Å²) in [6.07, 6.45) is 5.33. The molecule has 0 aromatic heterocycles. The van der Waals surface area contributed by atoms with Gasteiger partial charge < -0.3 is 29.9 Å². The molecule has 1 unspecified atom stereocenters. The number of carboxylic acid groups (broad SMARTS) is 2. The first kappa shape index (κ1) is 35.2. The van der Waals surface area contributed by atoms with Crippen molar-refractivity contribution in [2.45, 2.75) is 84.7 Å². The zero-order chi connectivity index (χ0) is 27.8. The Morgan fingerprint density at radius 2 is 1.36 bits per heavy atom. The first-order chi connectivity index (χ1) is 17.1. The maximum absolute atomic E-state index is 11.6. The zero-order valence-corrected chi connectivity index (χ0v) is 21.6. The van der Waals surface area contributed by atoms with Gasteiger partial charge >= 0.3 is 23.9 Å². The van der Waals surface area contributed by atoms with Crippen LogP contribution in [0.5, 0.6) is 0 Å². The molecule has 206 valence electrons. The Labute approximate surface area is 213 Å². The van der Waals surface area contributed by atoms with E-state index in [1.165, 1.54) is 12.1 Å². The third-order valence-electron chi connectivity index (χ3n) is 4.44. The van der Waals surface area contributed by atoms with Gasteiger partial charge in [0, 0.05) is 19.4 Å². The normalized spacial score (nSPS) is 10.6. The van der Waals surface area contributed by atoms with E-state index in [0.29, 0.717) is 38.9 Å². The Morgan fingerprint density at radius 3 is 1.81 bits per heavy atom. The van der Waals surface area contributed by atoms with Crippen LogP contribution in [0, 0.1) is 0 Å². The standard InChI is InChI=1S/C12H14O4.C10H18O4.C4H10O2/c1-2-3-8-16-12(15)10-7-5-4-6-9(10)11(13)14;1-2-3-8-14-10(13)7-5-4-6-9(11)12;1-4(6)2-3-5/h4-7H,2-3,8H2,1H3,(H,13,14);2-8H2,1H3,(H,11,12);4-6H,2-3H2,1H3. The largest absolute Gasteiger partial charge is 0.481 e. The summed E-state index contributed by atoms with van der Waals surface area (Å²) in [5.41, 5.74) is 0.0788. The number of aliphatic hydroxyl groups is 2. The maximum atomic E-state index is 11.6. The number of hydrogen-bond donors (Lipinski definition) is 4. The van der Waals surface area contributed by atoms with Crippen LogP contribution in [-0.4, -0.2) is 70.2 Å². The molecule has 0 saturated carbocycles. The van der Waals surface area contributed by atoms with Crippen molar-refractivity contribution >= 4 is 23.9 Å². The van der Waals surface area contributed by atoms with Gasteiger partial charge in [0.05, 0.1) is 30.4 Å². The van der Waals surface area contributed by atoms with Gasteiger partial charge in [0.1, 0.15) is 0 Å². The summed E-state index contributed by atoms with van der Waals surface area (Å²) in [7, 11) is 0.